The molecule has 0 radical (unpaired) electrons. The minimum absolute atomic E-state index is 0.442. The molecule has 1 aromatic carbocycles. The molecular weight excluding hydrogens is 396 g/mol. The molecular formula is C23H40N4O4. The predicted octanol–water partition coefficient (Wildman–Crippen LogP) is 3.21. The first-order chi connectivity index (χ1) is 14.5. The summed E-state index contributed by atoms with van der Waals surface area (Å²) < 4.78 is 16.2. The largest absolute Gasteiger partial charge is 0.444 e. The first kappa shape index (κ1) is 26.7. The van der Waals surface area contributed by atoms with E-state index in [1.807, 2.05) is 53.7 Å². The Morgan fingerprint density at radius 3 is 2.35 bits per heavy atom. The van der Waals surface area contributed by atoms with Crippen molar-refractivity contribution in [2.45, 2.75) is 65.8 Å². The van der Waals surface area contributed by atoms with Gasteiger partial charge in [0.2, 0.25) is 0 Å². The van der Waals surface area contributed by atoms with Gasteiger partial charge in [-0.1, -0.05) is 24.3 Å². The Bertz CT molecular complexity index is 699. The zero-order valence-corrected chi connectivity index (χ0v) is 20.1. The van der Waals surface area contributed by atoms with Crippen LogP contribution in [0.3, 0.4) is 0 Å². The number of nitrogens with one attached hydrogen (secondary N) is 3. The minimum Gasteiger partial charge on any atom is -0.444 e. The molecule has 0 fully saturated rings. The first-order valence-corrected chi connectivity index (χ1v) is 10.7. The molecule has 0 heterocycles. The van der Waals surface area contributed by atoms with Gasteiger partial charge in [-0.2, -0.15) is 0 Å². The number of nitrogens with zero attached hydrogens (tertiary/aromatic N) is 1. The number of amides is 1. The molecule has 0 spiro atoms. The van der Waals surface area contributed by atoms with Crippen molar-refractivity contribution in [1.29, 1.82) is 0 Å². The van der Waals surface area contributed by atoms with E-state index in [1.165, 1.54) is 0 Å². The predicted molar refractivity (Wildman–Crippen MR) is 124 cm³/mol. The van der Waals surface area contributed by atoms with E-state index in [9.17, 15) is 4.79 Å². The van der Waals surface area contributed by atoms with E-state index < -0.39 is 17.2 Å². The number of alkyl carbamates (subject to hydrolysis) is 1. The quantitative estimate of drug-likeness (QED) is 0.280. The van der Waals surface area contributed by atoms with Crippen molar-refractivity contribution in [3.05, 3.63) is 35.4 Å². The van der Waals surface area contributed by atoms with Crippen LogP contribution in [-0.4, -0.2) is 56.6 Å². The lowest BCUT2D eigenvalue weighted by atomic mass is 10.1. The highest BCUT2D eigenvalue weighted by atomic mass is 16.6. The van der Waals surface area contributed by atoms with Crippen molar-refractivity contribution in [3.63, 3.8) is 0 Å². The van der Waals surface area contributed by atoms with E-state index in [1.54, 1.807) is 7.05 Å². The molecule has 31 heavy (non-hydrogen) atoms. The van der Waals surface area contributed by atoms with Crippen LogP contribution in [0.5, 0.6) is 0 Å². The van der Waals surface area contributed by atoms with Crippen LogP contribution < -0.4 is 16.0 Å². The monoisotopic (exact) mass is 436 g/mol. The second kappa shape index (κ2) is 13.2. The maximum absolute atomic E-state index is 12.0. The third kappa shape index (κ3) is 12.9. The molecule has 3 N–H and O–H groups in total. The third-order valence-electron chi connectivity index (χ3n) is 4.06. The summed E-state index contributed by atoms with van der Waals surface area (Å²) in [6, 6.07) is 8.22. The van der Waals surface area contributed by atoms with Gasteiger partial charge in [-0.3, -0.25) is 4.99 Å². The topological polar surface area (TPSA) is 93.2 Å². The number of guanidine groups is 1. The first-order valence-electron chi connectivity index (χ1n) is 10.7. The fraction of sp³-hybridized carbons (Fsp3) is 0.652. The number of hydrogen-bond donors (Lipinski definition) is 3. The highest BCUT2D eigenvalue weighted by Crippen LogP contribution is 2.09. The molecule has 1 aromatic rings. The summed E-state index contributed by atoms with van der Waals surface area (Å²) in [5.74, 6) is 0.650. The van der Waals surface area contributed by atoms with Crippen LogP contribution in [0.15, 0.2) is 29.3 Å². The minimum atomic E-state index is -0.534. The molecule has 1 rings (SSSR count). The molecule has 0 aliphatic rings. The number of carbonyl (C=O) groups is 1. The second-order valence-electron chi connectivity index (χ2n) is 8.86. The van der Waals surface area contributed by atoms with Gasteiger partial charge in [0.25, 0.3) is 0 Å². The van der Waals surface area contributed by atoms with Crippen LogP contribution in [0.1, 0.15) is 52.7 Å². The van der Waals surface area contributed by atoms with Gasteiger partial charge >= 0.3 is 6.09 Å². The van der Waals surface area contributed by atoms with Crippen LogP contribution in [0.25, 0.3) is 0 Å². The normalized spacial score (nSPS) is 12.4. The summed E-state index contributed by atoms with van der Waals surface area (Å²) >= 11 is 0. The zero-order valence-electron chi connectivity index (χ0n) is 20.1. The van der Waals surface area contributed by atoms with Gasteiger partial charge in [0.05, 0.1) is 25.4 Å². The van der Waals surface area contributed by atoms with Crippen LogP contribution in [0, 0.1) is 0 Å². The fourth-order valence-corrected chi connectivity index (χ4v) is 2.62. The third-order valence-corrected chi connectivity index (χ3v) is 4.06. The van der Waals surface area contributed by atoms with E-state index in [0.29, 0.717) is 45.5 Å². The Hall–Kier alpha value is -2.32. The highest BCUT2D eigenvalue weighted by Gasteiger charge is 2.24. The van der Waals surface area contributed by atoms with Crippen LogP contribution in [0.2, 0.25) is 0 Å². The SMILES string of the molecule is CCOCCOCc1cccc(CNC(=NC)NCC(C)(C)NC(=O)OC(C)(C)C)c1. The van der Waals surface area contributed by atoms with Crippen molar-refractivity contribution in [1.82, 2.24) is 16.0 Å². The molecule has 0 aromatic heterocycles. The molecule has 0 aliphatic heterocycles. The summed E-state index contributed by atoms with van der Waals surface area (Å²) in [5.41, 5.74) is 1.19. The van der Waals surface area contributed by atoms with Gasteiger partial charge in [0, 0.05) is 26.7 Å². The van der Waals surface area contributed by atoms with Gasteiger partial charge < -0.3 is 30.2 Å². The fourth-order valence-electron chi connectivity index (χ4n) is 2.62. The Labute approximate surface area is 187 Å². The molecule has 1 amide bonds. The lowest BCUT2D eigenvalue weighted by molar-refractivity contribution is 0.0453. The molecule has 8 heteroatoms. The van der Waals surface area contributed by atoms with Crippen molar-refractivity contribution < 1.29 is 19.0 Å². The van der Waals surface area contributed by atoms with Gasteiger partial charge in [-0.25, -0.2) is 4.79 Å². The van der Waals surface area contributed by atoms with Crippen LogP contribution in [-0.2, 0) is 27.4 Å². The Morgan fingerprint density at radius 1 is 1.03 bits per heavy atom. The molecule has 0 aliphatic carbocycles. The Balaban J connectivity index is 2.46. The second-order valence-corrected chi connectivity index (χ2v) is 8.86. The molecule has 0 unspecified atom stereocenters. The molecule has 0 saturated heterocycles. The number of aliphatic imine (C=N–C) groups is 1. The van der Waals surface area contributed by atoms with E-state index in [0.717, 1.165) is 11.1 Å². The lowest BCUT2D eigenvalue weighted by Crippen LogP contribution is -2.54. The summed E-state index contributed by atoms with van der Waals surface area (Å²) in [6.45, 7) is 14.9. The van der Waals surface area contributed by atoms with Crippen molar-refractivity contribution in [2.24, 2.45) is 4.99 Å². The van der Waals surface area contributed by atoms with Gasteiger partial charge in [-0.15, -0.1) is 0 Å². The maximum Gasteiger partial charge on any atom is 0.408 e. The molecule has 0 bridgehead atoms. The molecule has 8 nitrogen and oxygen atoms in total. The number of benzene rings is 1. The molecule has 0 saturated carbocycles. The number of carbonyl (C=O) groups excluding carboxylic acids is 1. The molecule has 0 atom stereocenters. The van der Waals surface area contributed by atoms with Crippen molar-refractivity contribution >= 4 is 12.1 Å². The number of rotatable bonds is 11. The lowest BCUT2D eigenvalue weighted by Gasteiger charge is -2.29. The van der Waals surface area contributed by atoms with Crippen LogP contribution >= 0.6 is 0 Å². The Kier molecular flexibility index (Phi) is 11.3. The van der Waals surface area contributed by atoms with Gasteiger partial charge in [-0.05, 0) is 52.7 Å². The van der Waals surface area contributed by atoms with Crippen molar-refractivity contribution in [3.8, 4) is 0 Å². The van der Waals surface area contributed by atoms with Gasteiger partial charge in [0.1, 0.15) is 5.60 Å². The zero-order chi connectivity index (χ0) is 23.3. The average molecular weight is 437 g/mol. The maximum atomic E-state index is 12.0. The summed E-state index contributed by atoms with van der Waals surface area (Å²) in [6.07, 6.45) is -0.442. The molecule has 176 valence electrons. The summed E-state index contributed by atoms with van der Waals surface area (Å²) in [7, 11) is 1.71. The number of hydrogen-bond acceptors (Lipinski definition) is 5. The van der Waals surface area contributed by atoms with Crippen LogP contribution in [0.4, 0.5) is 4.79 Å². The van der Waals surface area contributed by atoms with Gasteiger partial charge in [0.15, 0.2) is 5.96 Å². The Morgan fingerprint density at radius 2 is 1.71 bits per heavy atom. The standard InChI is InChI=1S/C23H40N4O4/c1-8-29-12-13-30-16-19-11-9-10-18(14-19)15-25-20(24-7)26-17-23(5,6)27-21(28)31-22(2,3)4/h9-11,14H,8,12-13,15-17H2,1-7H3,(H,27,28)(H2,24,25,26). The van der Waals surface area contributed by atoms with E-state index in [-0.39, 0.29) is 0 Å². The van der Waals surface area contributed by atoms with Crippen molar-refractivity contribution in [2.75, 3.05) is 33.4 Å². The van der Waals surface area contributed by atoms with E-state index in [2.05, 4.69) is 33.1 Å². The number of ether oxygens (including phenoxy) is 3. The summed E-state index contributed by atoms with van der Waals surface area (Å²) in [4.78, 5) is 16.3. The summed E-state index contributed by atoms with van der Waals surface area (Å²) in [5, 5.41) is 9.42. The smallest absolute Gasteiger partial charge is 0.408 e. The highest BCUT2D eigenvalue weighted by molar-refractivity contribution is 5.79. The van der Waals surface area contributed by atoms with E-state index >= 15 is 0 Å². The van der Waals surface area contributed by atoms with E-state index in [4.69, 9.17) is 14.2 Å². The average Bonchev–Trinajstić information content (AvgIpc) is 2.66.